The van der Waals surface area contributed by atoms with Crippen LogP contribution in [0.4, 0.5) is 0 Å². The van der Waals surface area contributed by atoms with Crippen molar-refractivity contribution in [1.29, 1.82) is 0 Å². The summed E-state index contributed by atoms with van der Waals surface area (Å²) in [5.41, 5.74) is 0. The number of hydrogen-bond donors (Lipinski definition) is 1. The summed E-state index contributed by atoms with van der Waals surface area (Å²) in [6, 6.07) is 0. The molecule has 3 nitrogen and oxygen atoms in total. The first-order chi connectivity index (χ1) is 6.33. The smallest absolute Gasteiger partial charge is 0.392 e. The Hall–Kier alpha value is 0.862. The zero-order chi connectivity index (χ0) is 11.2. The van der Waals surface area contributed by atoms with Gasteiger partial charge in [0.15, 0.2) is 0 Å². The molecular formula is C6H11AlCl4N2O. The van der Waals surface area contributed by atoms with Gasteiger partial charge in [-0.1, -0.05) is 0 Å². The van der Waals surface area contributed by atoms with Crippen LogP contribution in [0.1, 0.15) is 0 Å². The molecule has 14 heavy (non-hydrogen) atoms. The van der Waals surface area contributed by atoms with Crippen LogP contribution in [0.15, 0.2) is 18.7 Å². The number of halogens is 4. The lowest BCUT2D eigenvalue weighted by molar-refractivity contribution is -0.671. The predicted octanol–water partition coefficient (Wildman–Crippen LogP) is 1.68. The van der Waals surface area contributed by atoms with Crippen LogP contribution in [0, 0.1) is 0 Å². The van der Waals surface area contributed by atoms with Gasteiger partial charge < -0.3 is 45.3 Å². The average Bonchev–Trinajstić information content (AvgIpc) is 2.32. The van der Waals surface area contributed by atoms with E-state index < -0.39 is 9.39 Å². The van der Waals surface area contributed by atoms with E-state index in [2.05, 4.69) is 0 Å². The van der Waals surface area contributed by atoms with Gasteiger partial charge >= 0.3 is 9.39 Å². The van der Waals surface area contributed by atoms with Gasteiger partial charge in [0, 0.05) is 0 Å². The van der Waals surface area contributed by atoms with Crippen molar-refractivity contribution in [3.05, 3.63) is 18.7 Å². The number of nitrogens with zero attached hydrogens (tertiary/aromatic N) is 2. The Labute approximate surface area is 102 Å². The number of aliphatic hydroxyl groups is 1. The molecule has 1 rings (SSSR count). The zero-order valence-corrected chi connectivity index (χ0v) is 11.8. The van der Waals surface area contributed by atoms with Gasteiger partial charge in [-0.2, -0.15) is 0 Å². The lowest BCUT2D eigenvalue weighted by Gasteiger charge is -1.97. The van der Waals surface area contributed by atoms with Crippen LogP contribution in [0.25, 0.3) is 0 Å². The van der Waals surface area contributed by atoms with Crippen LogP contribution < -0.4 is 4.57 Å². The zero-order valence-electron chi connectivity index (χ0n) is 7.58. The minimum atomic E-state index is -2.94. The molecule has 0 amide bonds. The number of hydrogen-bond acceptors (Lipinski definition) is 1. The standard InChI is InChI=1S/C6H11N2O.Al.4ClH/c1-7-2-3-8(6-7)4-5-9;;;;;/h2-3,6,9H,4-5H2,1H3;;4*1H/q+1;+3;;;;/p-4. The van der Waals surface area contributed by atoms with E-state index in [4.69, 9.17) is 45.3 Å². The lowest BCUT2D eigenvalue weighted by Crippen LogP contribution is -2.23. The molecule has 1 N–H and O–H groups in total. The fourth-order valence-corrected chi connectivity index (χ4v) is 0.749. The minimum absolute atomic E-state index is 0.203. The topological polar surface area (TPSA) is 29.0 Å². The summed E-state index contributed by atoms with van der Waals surface area (Å²) >= 11 is 0. The molecule has 0 spiro atoms. The first kappa shape index (κ1) is 14.9. The number of rotatable bonds is 2. The molecule has 1 aromatic rings. The van der Waals surface area contributed by atoms with E-state index in [0.29, 0.717) is 6.54 Å². The van der Waals surface area contributed by atoms with E-state index in [1.165, 1.54) is 0 Å². The summed E-state index contributed by atoms with van der Waals surface area (Å²) in [6.07, 6.45) is 5.79. The Morgan fingerprint density at radius 2 is 1.86 bits per heavy atom. The van der Waals surface area contributed by atoms with Crippen molar-refractivity contribution in [2.24, 2.45) is 7.05 Å². The summed E-state index contributed by atoms with van der Waals surface area (Å²) in [6.45, 7) is 0.884. The largest absolute Gasteiger partial charge is 0.564 e. The normalized spacial score (nSPS) is 10.7. The van der Waals surface area contributed by atoms with Crippen LogP contribution >= 0.6 is 40.2 Å². The average molecular weight is 296 g/mol. The highest BCUT2D eigenvalue weighted by atomic mass is 35.9. The molecule has 0 saturated carbocycles. The maximum atomic E-state index is 8.50. The fraction of sp³-hybridized carbons (Fsp3) is 0.500. The van der Waals surface area contributed by atoms with E-state index in [0.717, 1.165) is 0 Å². The van der Waals surface area contributed by atoms with Crippen molar-refractivity contribution in [2.45, 2.75) is 6.54 Å². The first-order valence-corrected chi connectivity index (χ1v) is 10.8. The SMILES string of the molecule is C[n+]1ccn(CCO)c1.[Cl][Al-]([Cl])([Cl])[Cl]. The minimum Gasteiger partial charge on any atom is -0.392 e. The van der Waals surface area contributed by atoms with Gasteiger partial charge in [0.25, 0.3) is 0 Å². The summed E-state index contributed by atoms with van der Waals surface area (Å²) in [5.74, 6) is 0. The van der Waals surface area contributed by atoms with Crippen molar-refractivity contribution in [3.63, 3.8) is 0 Å². The summed E-state index contributed by atoms with van der Waals surface area (Å²) < 4.78 is 3.87. The van der Waals surface area contributed by atoms with Crippen molar-refractivity contribution in [1.82, 2.24) is 4.57 Å². The van der Waals surface area contributed by atoms with Gasteiger partial charge in [-0.3, -0.25) is 0 Å². The van der Waals surface area contributed by atoms with Gasteiger partial charge in [0.05, 0.1) is 13.7 Å². The third-order valence-corrected chi connectivity index (χ3v) is 1.18. The van der Waals surface area contributed by atoms with E-state index in [-0.39, 0.29) is 6.61 Å². The second-order valence-electron chi connectivity index (χ2n) is 2.54. The Kier molecular flexibility index (Phi) is 7.63. The van der Waals surface area contributed by atoms with Crippen LogP contribution in [-0.2, 0) is 13.6 Å². The summed E-state index contributed by atoms with van der Waals surface area (Å²) in [7, 11) is 19.0. The Morgan fingerprint density at radius 1 is 1.36 bits per heavy atom. The maximum Gasteiger partial charge on any atom is 0.564 e. The second kappa shape index (κ2) is 7.19. The van der Waals surface area contributed by atoms with E-state index in [1.54, 1.807) is 0 Å². The third kappa shape index (κ3) is 10.9. The van der Waals surface area contributed by atoms with E-state index >= 15 is 0 Å². The Bertz CT molecular complexity index is 257. The second-order valence-corrected chi connectivity index (χ2v) is 15.4. The molecule has 8 heteroatoms. The highest BCUT2D eigenvalue weighted by Gasteiger charge is 2.14. The fourth-order valence-electron chi connectivity index (χ4n) is 0.749. The van der Waals surface area contributed by atoms with Crippen LogP contribution in [0.2, 0.25) is 0 Å². The van der Waals surface area contributed by atoms with Gasteiger partial charge in [-0.05, 0) is 0 Å². The number of aromatic nitrogens is 2. The van der Waals surface area contributed by atoms with Crippen molar-refractivity contribution in [2.75, 3.05) is 6.61 Å². The van der Waals surface area contributed by atoms with Crippen molar-refractivity contribution >= 4 is 49.6 Å². The molecular weight excluding hydrogens is 285 g/mol. The molecule has 1 heterocycles. The molecule has 0 unspecified atom stereocenters. The molecule has 0 radical (unpaired) electrons. The first-order valence-electron chi connectivity index (χ1n) is 3.82. The van der Waals surface area contributed by atoms with E-state index in [1.807, 2.05) is 34.9 Å². The quantitative estimate of drug-likeness (QED) is 0.653. The predicted molar refractivity (Wildman–Crippen MR) is 61.9 cm³/mol. The van der Waals surface area contributed by atoms with Gasteiger partial charge in [-0.15, -0.1) is 0 Å². The highest BCUT2D eigenvalue weighted by molar-refractivity contribution is 7.81. The molecule has 0 aliphatic rings. The van der Waals surface area contributed by atoms with Crippen LogP contribution in [0.3, 0.4) is 0 Å². The number of imidazole rings is 1. The third-order valence-electron chi connectivity index (χ3n) is 1.18. The monoisotopic (exact) mass is 294 g/mol. The molecule has 82 valence electrons. The molecule has 0 atom stereocenters. The molecule has 0 bridgehead atoms. The molecule has 0 aliphatic carbocycles. The number of aryl methyl sites for hydroxylation is 1. The molecule has 0 aliphatic heterocycles. The molecule has 0 aromatic carbocycles. The summed E-state index contributed by atoms with van der Waals surface area (Å²) in [5, 5.41) is 8.50. The Morgan fingerprint density at radius 3 is 2.14 bits per heavy atom. The van der Waals surface area contributed by atoms with Crippen LogP contribution in [-0.4, -0.2) is 25.7 Å². The molecule has 0 fully saturated rings. The van der Waals surface area contributed by atoms with Crippen molar-refractivity contribution in [3.8, 4) is 0 Å². The molecule has 0 saturated heterocycles. The van der Waals surface area contributed by atoms with Gasteiger partial charge in [0.2, 0.25) is 6.33 Å². The van der Waals surface area contributed by atoms with Gasteiger partial charge in [-0.25, -0.2) is 9.13 Å². The molecule has 1 aromatic heterocycles. The number of aliphatic hydroxyl groups excluding tert-OH is 1. The Balaban J connectivity index is 0.000000292. The van der Waals surface area contributed by atoms with Crippen LogP contribution in [0.5, 0.6) is 0 Å². The maximum absolute atomic E-state index is 8.50. The lowest BCUT2D eigenvalue weighted by atomic mass is 10.7. The summed E-state index contributed by atoms with van der Waals surface area (Å²) in [4.78, 5) is 0. The highest BCUT2D eigenvalue weighted by Crippen LogP contribution is 2.23. The van der Waals surface area contributed by atoms with E-state index in [9.17, 15) is 0 Å². The van der Waals surface area contributed by atoms with Gasteiger partial charge in [0.1, 0.15) is 18.9 Å². The van der Waals surface area contributed by atoms with Crippen molar-refractivity contribution < 1.29 is 9.67 Å².